The van der Waals surface area contributed by atoms with Crippen LogP contribution in [-0.2, 0) is 29.4 Å². The van der Waals surface area contributed by atoms with Crippen LogP contribution >= 0.6 is 11.3 Å². The van der Waals surface area contributed by atoms with Gasteiger partial charge in [-0.3, -0.25) is 9.48 Å². The summed E-state index contributed by atoms with van der Waals surface area (Å²) in [7, 11) is 1.81. The van der Waals surface area contributed by atoms with Crippen molar-refractivity contribution in [2.45, 2.75) is 26.7 Å². The highest BCUT2D eigenvalue weighted by Crippen LogP contribution is 2.39. The van der Waals surface area contributed by atoms with Crippen molar-refractivity contribution in [2.24, 2.45) is 7.05 Å². The van der Waals surface area contributed by atoms with E-state index in [1.54, 1.807) is 4.68 Å². The van der Waals surface area contributed by atoms with Gasteiger partial charge in [0.15, 0.2) is 6.61 Å². The molecule has 1 N–H and O–H groups in total. The van der Waals surface area contributed by atoms with E-state index in [0.29, 0.717) is 10.6 Å². The third-order valence-corrected chi connectivity index (χ3v) is 6.23. The summed E-state index contributed by atoms with van der Waals surface area (Å²) in [5.74, 6) is -0.842. The maximum Gasteiger partial charge on any atom is 0.348 e. The van der Waals surface area contributed by atoms with Crippen molar-refractivity contribution in [1.29, 1.82) is 0 Å². The minimum atomic E-state index is -0.466. The lowest BCUT2D eigenvalue weighted by Gasteiger charge is -2.15. The predicted molar refractivity (Wildman–Crippen MR) is 109 cm³/mol. The van der Waals surface area contributed by atoms with Crippen LogP contribution in [0.2, 0.25) is 0 Å². The molecule has 144 valence electrons. The van der Waals surface area contributed by atoms with Gasteiger partial charge in [0.1, 0.15) is 4.88 Å². The summed E-state index contributed by atoms with van der Waals surface area (Å²) in [6, 6.07) is 10.2. The second-order valence-corrected chi connectivity index (χ2v) is 7.97. The number of nitrogens with zero attached hydrogens (tertiary/aromatic N) is 2. The van der Waals surface area contributed by atoms with Crippen LogP contribution in [0.4, 0.5) is 5.69 Å². The first-order chi connectivity index (χ1) is 13.4. The number of nitrogens with one attached hydrogen (secondary N) is 1. The molecule has 0 unspecified atom stereocenters. The molecule has 0 aliphatic heterocycles. The molecule has 1 aromatic carbocycles. The molecular weight excluding hydrogens is 374 g/mol. The Morgan fingerprint density at radius 1 is 1.21 bits per heavy atom. The van der Waals surface area contributed by atoms with Gasteiger partial charge in [0.25, 0.3) is 5.91 Å². The maximum atomic E-state index is 12.5. The monoisotopic (exact) mass is 395 g/mol. The number of hydrogen-bond acceptors (Lipinski definition) is 5. The second kappa shape index (κ2) is 7.24. The third kappa shape index (κ3) is 3.33. The highest BCUT2D eigenvalue weighted by atomic mass is 32.1. The molecule has 3 aromatic rings. The molecule has 1 aliphatic carbocycles. The summed E-state index contributed by atoms with van der Waals surface area (Å²) in [6.45, 7) is 3.37. The van der Waals surface area contributed by atoms with E-state index < -0.39 is 5.97 Å². The van der Waals surface area contributed by atoms with E-state index >= 15 is 0 Å². The zero-order chi connectivity index (χ0) is 19.8. The maximum absolute atomic E-state index is 12.5. The first kappa shape index (κ1) is 18.4. The third-order valence-electron chi connectivity index (χ3n) is 5.04. The van der Waals surface area contributed by atoms with Crippen LogP contribution in [0.25, 0.3) is 10.4 Å². The molecule has 6 nitrogen and oxygen atoms in total. The smallest absolute Gasteiger partial charge is 0.348 e. The summed E-state index contributed by atoms with van der Waals surface area (Å²) < 4.78 is 6.95. The fraction of sp³-hybridized carbons (Fsp3) is 0.286. The van der Waals surface area contributed by atoms with Gasteiger partial charge in [-0.05, 0) is 49.4 Å². The summed E-state index contributed by atoms with van der Waals surface area (Å²) in [6.07, 6.45) is 1.89. The Bertz CT molecular complexity index is 1080. The number of thiophene rings is 1. The molecule has 0 atom stereocenters. The van der Waals surface area contributed by atoms with Crippen LogP contribution in [0, 0.1) is 13.8 Å². The van der Waals surface area contributed by atoms with Crippen molar-refractivity contribution < 1.29 is 14.3 Å². The molecule has 7 heteroatoms. The Labute approximate surface area is 167 Å². The van der Waals surface area contributed by atoms with Gasteiger partial charge in [0.05, 0.1) is 17.1 Å². The molecule has 0 saturated carbocycles. The van der Waals surface area contributed by atoms with Crippen LogP contribution in [0.3, 0.4) is 0 Å². The molecule has 0 radical (unpaired) electrons. The van der Waals surface area contributed by atoms with Crippen LogP contribution < -0.4 is 5.32 Å². The zero-order valence-electron chi connectivity index (χ0n) is 16.0. The molecule has 2 aromatic heterocycles. The van der Waals surface area contributed by atoms with E-state index in [1.807, 2.05) is 39.1 Å². The largest absolute Gasteiger partial charge is 0.451 e. The topological polar surface area (TPSA) is 73.2 Å². The zero-order valence-corrected chi connectivity index (χ0v) is 16.9. The number of benzene rings is 1. The Balaban J connectivity index is 1.43. The Hall–Kier alpha value is -2.93. The van der Waals surface area contributed by atoms with Crippen molar-refractivity contribution in [3.8, 4) is 10.4 Å². The number of rotatable bonds is 4. The minimum Gasteiger partial charge on any atom is -0.451 e. The molecule has 0 spiro atoms. The minimum absolute atomic E-state index is 0.328. The molecule has 28 heavy (non-hydrogen) atoms. The van der Waals surface area contributed by atoms with Crippen LogP contribution in [0.15, 0.2) is 30.3 Å². The Morgan fingerprint density at radius 2 is 1.96 bits per heavy atom. The molecule has 0 saturated heterocycles. The fourth-order valence-corrected chi connectivity index (χ4v) is 4.67. The van der Waals surface area contributed by atoms with Crippen molar-refractivity contribution >= 4 is 28.9 Å². The summed E-state index contributed by atoms with van der Waals surface area (Å²) in [4.78, 5) is 26.3. The van der Waals surface area contributed by atoms with E-state index in [0.717, 1.165) is 29.1 Å². The summed E-state index contributed by atoms with van der Waals surface area (Å²) in [5.41, 5.74) is 5.89. The van der Waals surface area contributed by atoms with E-state index in [-0.39, 0.29) is 12.5 Å². The van der Waals surface area contributed by atoms with Gasteiger partial charge in [-0.15, -0.1) is 11.3 Å². The molecule has 1 amide bonds. The number of amides is 1. The average molecular weight is 395 g/mol. The van der Waals surface area contributed by atoms with Gasteiger partial charge >= 0.3 is 5.97 Å². The molecule has 1 aliphatic rings. The number of fused-ring (bicyclic) bond motifs is 3. The number of ether oxygens (including phenoxy) is 1. The van der Waals surface area contributed by atoms with Crippen LogP contribution in [-0.4, -0.2) is 28.3 Å². The van der Waals surface area contributed by atoms with Gasteiger partial charge in [0.2, 0.25) is 0 Å². The Kier molecular flexibility index (Phi) is 4.77. The van der Waals surface area contributed by atoms with E-state index in [9.17, 15) is 9.59 Å². The number of esters is 1. The number of anilines is 1. The second-order valence-electron chi connectivity index (χ2n) is 6.92. The van der Waals surface area contributed by atoms with Gasteiger partial charge in [-0.2, -0.15) is 5.10 Å². The number of carbonyl (C=O) groups is 2. The van der Waals surface area contributed by atoms with Crippen molar-refractivity contribution in [3.05, 3.63) is 57.7 Å². The lowest BCUT2D eigenvalue weighted by Crippen LogP contribution is -2.21. The average Bonchev–Trinajstić information content (AvgIpc) is 3.23. The molecular formula is C21H21N3O3S. The van der Waals surface area contributed by atoms with Crippen molar-refractivity contribution in [1.82, 2.24) is 9.78 Å². The quantitative estimate of drug-likeness (QED) is 0.684. The molecule has 0 fully saturated rings. The molecule has 0 bridgehead atoms. The highest BCUT2D eigenvalue weighted by molar-refractivity contribution is 7.17. The predicted octanol–water partition coefficient (Wildman–Crippen LogP) is 3.66. The first-order valence-corrected chi connectivity index (χ1v) is 9.94. The summed E-state index contributed by atoms with van der Waals surface area (Å²) >= 11 is 1.43. The van der Waals surface area contributed by atoms with Crippen molar-refractivity contribution in [3.63, 3.8) is 0 Å². The van der Waals surface area contributed by atoms with E-state index in [1.165, 1.54) is 28.0 Å². The SMILES string of the molecule is Cc1nn(C)c(C)c1NC(=O)COC(=O)c1cc2c(s1)-c1ccccc1CC2. The van der Waals surface area contributed by atoms with Crippen molar-refractivity contribution in [2.75, 3.05) is 11.9 Å². The fourth-order valence-electron chi connectivity index (χ4n) is 3.50. The lowest BCUT2D eigenvalue weighted by molar-refractivity contribution is -0.119. The highest BCUT2D eigenvalue weighted by Gasteiger charge is 2.22. The normalized spacial score (nSPS) is 12.2. The standard InChI is InChI=1S/C21H21N3O3S/c1-12-19(13(2)24(3)23-12)22-18(25)11-27-21(26)17-10-15-9-8-14-6-4-5-7-16(14)20(15)28-17/h4-7,10H,8-9,11H2,1-3H3,(H,22,25). The van der Waals surface area contributed by atoms with E-state index in [4.69, 9.17) is 4.74 Å². The van der Waals surface area contributed by atoms with Crippen LogP contribution in [0.5, 0.6) is 0 Å². The van der Waals surface area contributed by atoms with Gasteiger partial charge < -0.3 is 10.1 Å². The van der Waals surface area contributed by atoms with Gasteiger partial charge in [0, 0.05) is 11.9 Å². The number of aryl methyl sites for hydroxylation is 4. The lowest BCUT2D eigenvalue weighted by atomic mass is 9.91. The Morgan fingerprint density at radius 3 is 2.71 bits per heavy atom. The van der Waals surface area contributed by atoms with E-state index in [2.05, 4.69) is 22.5 Å². The molecule has 2 heterocycles. The summed E-state index contributed by atoms with van der Waals surface area (Å²) in [5, 5.41) is 7.03. The number of aromatic nitrogens is 2. The first-order valence-electron chi connectivity index (χ1n) is 9.12. The number of carbonyl (C=O) groups excluding carboxylic acids is 2. The van der Waals surface area contributed by atoms with Crippen LogP contribution in [0.1, 0.15) is 32.2 Å². The van der Waals surface area contributed by atoms with Gasteiger partial charge in [-0.1, -0.05) is 24.3 Å². The van der Waals surface area contributed by atoms with Gasteiger partial charge in [-0.25, -0.2) is 4.79 Å². The molecule has 4 rings (SSSR count). The number of hydrogen-bond donors (Lipinski definition) is 1.